The first kappa shape index (κ1) is 21.5. The molecule has 0 radical (unpaired) electrons. The van der Waals surface area contributed by atoms with Crippen molar-refractivity contribution in [3.63, 3.8) is 0 Å². The summed E-state index contributed by atoms with van der Waals surface area (Å²) in [5, 5.41) is 2.91. The lowest BCUT2D eigenvalue weighted by atomic mass is 9.97. The van der Waals surface area contributed by atoms with E-state index >= 15 is 0 Å². The summed E-state index contributed by atoms with van der Waals surface area (Å²) >= 11 is 0. The first-order valence-electron chi connectivity index (χ1n) is 9.30. The lowest BCUT2D eigenvalue weighted by Crippen LogP contribution is -2.42. The van der Waals surface area contributed by atoms with Gasteiger partial charge in [-0.25, -0.2) is 16.8 Å². The average molecular weight is 437 g/mol. The number of sulfone groups is 1. The number of rotatable bonds is 6. The molecule has 0 atom stereocenters. The van der Waals surface area contributed by atoms with Gasteiger partial charge in [-0.3, -0.25) is 4.79 Å². The van der Waals surface area contributed by atoms with E-state index in [9.17, 15) is 21.6 Å². The second-order valence-electron chi connectivity index (χ2n) is 7.13. The van der Waals surface area contributed by atoms with Gasteiger partial charge in [-0.15, -0.1) is 0 Å². The molecular weight excluding hydrogens is 412 g/mol. The maximum Gasteiger partial charge on any atom is 0.243 e. The highest BCUT2D eigenvalue weighted by atomic mass is 32.2. The van der Waals surface area contributed by atoms with Gasteiger partial charge in [-0.2, -0.15) is 4.31 Å². The fraction of sp³-hybridized carbons (Fsp3) is 0.350. The van der Waals surface area contributed by atoms with Crippen molar-refractivity contribution in [1.29, 1.82) is 0 Å². The molecule has 1 fully saturated rings. The van der Waals surface area contributed by atoms with E-state index < -0.39 is 19.9 Å². The fourth-order valence-corrected chi connectivity index (χ4v) is 5.40. The van der Waals surface area contributed by atoms with E-state index in [0.717, 1.165) is 11.8 Å². The largest absolute Gasteiger partial charge is 0.352 e. The number of nitrogens with one attached hydrogen (secondary N) is 1. The third-order valence-corrected chi connectivity index (χ3v) is 8.07. The van der Waals surface area contributed by atoms with Crippen LogP contribution in [0, 0.1) is 5.92 Å². The third kappa shape index (κ3) is 5.23. The number of nitrogens with zero attached hydrogens (tertiary/aromatic N) is 1. The Morgan fingerprint density at radius 1 is 0.931 bits per heavy atom. The van der Waals surface area contributed by atoms with Gasteiger partial charge < -0.3 is 5.32 Å². The van der Waals surface area contributed by atoms with Crippen LogP contribution in [0.5, 0.6) is 0 Å². The summed E-state index contributed by atoms with van der Waals surface area (Å²) in [6, 6.07) is 14.8. The van der Waals surface area contributed by atoms with Gasteiger partial charge in [0, 0.05) is 31.8 Å². The topological polar surface area (TPSA) is 101 Å². The van der Waals surface area contributed by atoms with Gasteiger partial charge in [-0.1, -0.05) is 30.3 Å². The summed E-state index contributed by atoms with van der Waals surface area (Å²) < 4.78 is 50.1. The van der Waals surface area contributed by atoms with Crippen molar-refractivity contribution < 1.29 is 21.6 Å². The highest BCUT2D eigenvalue weighted by Crippen LogP contribution is 2.25. The van der Waals surface area contributed by atoms with Crippen LogP contribution in [0.2, 0.25) is 0 Å². The maximum atomic E-state index is 12.8. The minimum Gasteiger partial charge on any atom is -0.352 e. The smallest absolute Gasteiger partial charge is 0.243 e. The van der Waals surface area contributed by atoms with Crippen molar-refractivity contribution in [1.82, 2.24) is 9.62 Å². The van der Waals surface area contributed by atoms with E-state index in [1.165, 1.54) is 28.6 Å². The van der Waals surface area contributed by atoms with Crippen LogP contribution < -0.4 is 5.32 Å². The number of carbonyl (C=O) groups excluding carboxylic acids is 1. The first-order valence-corrected chi connectivity index (χ1v) is 12.6. The molecule has 1 saturated heterocycles. The molecule has 1 amide bonds. The molecule has 0 aromatic heterocycles. The second-order valence-corrected chi connectivity index (χ2v) is 11.1. The lowest BCUT2D eigenvalue weighted by Gasteiger charge is -2.30. The number of hydrogen-bond acceptors (Lipinski definition) is 5. The Morgan fingerprint density at radius 3 is 2.03 bits per heavy atom. The average Bonchev–Trinajstić information content (AvgIpc) is 2.72. The second kappa shape index (κ2) is 8.64. The zero-order chi connectivity index (χ0) is 21.1. The van der Waals surface area contributed by atoms with Gasteiger partial charge in [0.2, 0.25) is 15.9 Å². The Morgan fingerprint density at radius 2 is 1.48 bits per heavy atom. The lowest BCUT2D eigenvalue weighted by molar-refractivity contribution is -0.126. The Kier molecular flexibility index (Phi) is 6.40. The van der Waals surface area contributed by atoms with E-state index in [-0.39, 0.29) is 34.7 Å². The van der Waals surface area contributed by atoms with Crippen molar-refractivity contribution in [3.8, 4) is 0 Å². The van der Waals surface area contributed by atoms with Crippen molar-refractivity contribution in [3.05, 3.63) is 60.2 Å². The van der Waals surface area contributed by atoms with Crippen LogP contribution in [-0.2, 0) is 31.2 Å². The Balaban J connectivity index is 1.58. The van der Waals surface area contributed by atoms with Crippen LogP contribution in [0.1, 0.15) is 18.4 Å². The quantitative estimate of drug-likeness (QED) is 0.744. The number of piperidine rings is 1. The fourth-order valence-electron chi connectivity index (χ4n) is 3.30. The van der Waals surface area contributed by atoms with Crippen molar-refractivity contribution >= 4 is 25.8 Å². The normalized spacial score (nSPS) is 16.4. The molecule has 1 N–H and O–H groups in total. The molecule has 156 valence electrons. The Hall–Kier alpha value is -2.23. The summed E-state index contributed by atoms with van der Waals surface area (Å²) in [5.41, 5.74) is 1.01. The van der Waals surface area contributed by atoms with Crippen molar-refractivity contribution in [2.75, 3.05) is 19.3 Å². The summed E-state index contributed by atoms with van der Waals surface area (Å²) in [4.78, 5) is 12.5. The molecule has 1 aliphatic heterocycles. The van der Waals surface area contributed by atoms with E-state index in [4.69, 9.17) is 0 Å². The highest BCUT2D eigenvalue weighted by Gasteiger charge is 2.32. The maximum absolute atomic E-state index is 12.8. The molecule has 0 unspecified atom stereocenters. The molecule has 1 heterocycles. The number of benzene rings is 2. The Bertz CT molecular complexity index is 1060. The van der Waals surface area contributed by atoms with Crippen molar-refractivity contribution in [2.24, 2.45) is 5.92 Å². The molecule has 7 nitrogen and oxygen atoms in total. The predicted octanol–water partition coefficient (Wildman–Crippen LogP) is 1.81. The van der Waals surface area contributed by atoms with E-state index in [0.29, 0.717) is 19.4 Å². The van der Waals surface area contributed by atoms with Crippen molar-refractivity contribution in [2.45, 2.75) is 29.2 Å². The van der Waals surface area contributed by atoms with Crippen LogP contribution in [0.15, 0.2) is 64.4 Å². The summed E-state index contributed by atoms with van der Waals surface area (Å²) in [6.45, 7) is 0.948. The monoisotopic (exact) mass is 436 g/mol. The molecule has 29 heavy (non-hydrogen) atoms. The van der Waals surface area contributed by atoms with Gasteiger partial charge in [0.1, 0.15) is 0 Å². The molecule has 2 aromatic rings. The van der Waals surface area contributed by atoms with Gasteiger partial charge in [0.05, 0.1) is 9.79 Å². The van der Waals surface area contributed by atoms with Crippen LogP contribution in [0.25, 0.3) is 0 Å². The molecule has 0 aliphatic carbocycles. The molecule has 0 spiro atoms. The summed E-state index contributed by atoms with van der Waals surface area (Å²) in [7, 11) is -7.11. The van der Waals surface area contributed by atoms with Crippen LogP contribution in [0.4, 0.5) is 0 Å². The van der Waals surface area contributed by atoms with Gasteiger partial charge >= 0.3 is 0 Å². The number of carbonyl (C=O) groups is 1. The molecule has 0 bridgehead atoms. The third-order valence-electron chi connectivity index (χ3n) is 5.02. The van der Waals surface area contributed by atoms with Gasteiger partial charge in [0.25, 0.3) is 0 Å². The molecule has 9 heteroatoms. The summed E-state index contributed by atoms with van der Waals surface area (Å²) in [5.74, 6) is -0.291. The zero-order valence-electron chi connectivity index (χ0n) is 16.1. The number of sulfonamides is 1. The van der Waals surface area contributed by atoms with Crippen LogP contribution >= 0.6 is 0 Å². The Labute approximate surface area is 171 Å². The molecule has 3 rings (SSSR count). The number of hydrogen-bond donors (Lipinski definition) is 1. The van der Waals surface area contributed by atoms with E-state index in [1.807, 2.05) is 30.3 Å². The first-order chi connectivity index (χ1) is 13.7. The molecule has 0 saturated carbocycles. The van der Waals surface area contributed by atoms with Gasteiger partial charge in [-0.05, 0) is 42.7 Å². The SMILES string of the molecule is CS(=O)(=O)c1ccc(S(=O)(=O)N2CCC(C(=O)NCc3ccccc3)CC2)cc1. The van der Waals surface area contributed by atoms with Crippen LogP contribution in [-0.4, -0.2) is 46.4 Å². The summed E-state index contributed by atoms with van der Waals surface area (Å²) in [6.07, 6.45) is 1.96. The standard InChI is InChI=1S/C20H24N2O5S2/c1-28(24,25)18-7-9-19(10-8-18)29(26,27)22-13-11-17(12-14-22)20(23)21-15-16-5-3-2-4-6-16/h2-10,17H,11-15H2,1H3,(H,21,23). The molecule has 1 aliphatic rings. The molecule has 2 aromatic carbocycles. The molecular formula is C20H24N2O5S2. The minimum atomic E-state index is -3.72. The van der Waals surface area contributed by atoms with Crippen LogP contribution in [0.3, 0.4) is 0 Å². The van der Waals surface area contributed by atoms with E-state index in [1.54, 1.807) is 0 Å². The highest BCUT2D eigenvalue weighted by molar-refractivity contribution is 7.90. The zero-order valence-corrected chi connectivity index (χ0v) is 17.7. The number of amides is 1. The van der Waals surface area contributed by atoms with Gasteiger partial charge in [0.15, 0.2) is 9.84 Å². The van der Waals surface area contributed by atoms with E-state index in [2.05, 4.69) is 5.32 Å². The minimum absolute atomic E-state index is 0.0527. The predicted molar refractivity (Wildman–Crippen MR) is 109 cm³/mol.